The van der Waals surface area contributed by atoms with Crippen molar-refractivity contribution in [3.63, 3.8) is 0 Å². The quantitative estimate of drug-likeness (QED) is 0.327. The molecule has 0 atom stereocenters. The average molecular weight is 348 g/mol. The fraction of sp³-hybridized carbons (Fsp3) is 1.00. The van der Waals surface area contributed by atoms with Gasteiger partial charge in [-0.2, -0.15) is 13.2 Å². The average Bonchev–Trinajstić information content (AvgIpc) is 2.44. The van der Waals surface area contributed by atoms with Crippen molar-refractivity contribution in [2.75, 3.05) is 13.2 Å². The van der Waals surface area contributed by atoms with Crippen LogP contribution in [-0.2, 0) is 18.1 Å². The number of rotatable bonds is 12. The largest absolute Gasteiger partial charge is 0.475 e. The fourth-order valence-electron chi connectivity index (χ4n) is 1.78. The molecule has 0 aromatic heterocycles. The summed E-state index contributed by atoms with van der Waals surface area (Å²) in [5.41, 5.74) is -2.51. The third-order valence-corrected chi connectivity index (χ3v) is 5.01. The van der Waals surface area contributed by atoms with Gasteiger partial charge in [0.25, 0.3) is 0 Å². The Kier molecular flexibility index (Phi) is 9.86. The van der Waals surface area contributed by atoms with Crippen LogP contribution in [0.5, 0.6) is 0 Å². The summed E-state index contributed by atoms with van der Waals surface area (Å²) in [5.74, 6) is 0. The van der Waals surface area contributed by atoms with Crippen LogP contribution in [-0.4, -0.2) is 25.0 Å². The predicted octanol–water partition coefficient (Wildman–Crippen LogP) is 5.87. The summed E-state index contributed by atoms with van der Waals surface area (Å²) in [6.45, 7) is 6.57. The minimum absolute atomic E-state index is 0.0429. The van der Waals surface area contributed by atoms with Gasteiger partial charge in [0.15, 0.2) is 5.60 Å². The molecule has 0 rings (SSSR count). The normalized spacial score (nSPS) is 13.6. The van der Waals surface area contributed by atoms with Crippen molar-refractivity contribution in [2.45, 2.75) is 78.0 Å². The van der Waals surface area contributed by atoms with E-state index in [2.05, 4.69) is 0 Å². The second-order valence-corrected chi connectivity index (χ2v) is 6.70. The molecular formula is C14H28F3O4P. The Labute approximate surface area is 131 Å². The first-order chi connectivity index (χ1) is 10.2. The fourth-order valence-corrected chi connectivity index (χ4v) is 3.45. The minimum Gasteiger partial charge on any atom is -0.287 e. The second-order valence-electron chi connectivity index (χ2n) is 5.11. The lowest BCUT2D eigenvalue weighted by atomic mass is 9.97. The van der Waals surface area contributed by atoms with Crippen molar-refractivity contribution < 1.29 is 31.3 Å². The third-order valence-electron chi connectivity index (χ3n) is 3.44. The second kappa shape index (κ2) is 9.91. The van der Waals surface area contributed by atoms with Gasteiger partial charge in [0, 0.05) is 0 Å². The van der Waals surface area contributed by atoms with Crippen LogP contribution in [0.15, 0.2) is 0 Å². The Bertz CT molecular complexity index is 329. The Morgan fingerprint density at radius 2 is 1.27 bits per heavy atom. The number of unbranched alkanes of at least 4 members (excludes halogenated alkanes) is 2. The van der Waals surface area contributed by atoms with Gasteiger partial charge < -0.3 is 0 Å². The summed E-state index contributed by atoms with van der Waals surface area (Å²) in [6.07, 6.45) is -2.68. The van der Waals surface area contributed by atoms with Crippen LogP contribution in [0.2, 0.25) is 0 Å². The highest BCUT2D eigenvalue weighted by molar-refractivity contribution is 7.48. The van der Waals surface area contributed by atoms with Gasteiger partial charge in [0.05, 0.1) is 13.2 Å². The molecule has 0 aliphatic rings. The highest BCUT2D eigenvalue weighted by Gasteiger charge is 2.57. The molecule has 0 aromatic rings. The molecule has 0 radical (unpaired) electrons. The highest BCUT2D eigenvalue weighted by Crippen LogP contribution is 2.57. The Hall–Kier alpha value is -0.100. The van der Waals surface area contributed by atoms with Crippen molar-refractivity contribution in [1.29, 1.82) is 0 Å². The summed E-state index contributed by atoms with van der Waals surface area (Å²) >= 11 is 0. The van der Waals surface area contributed by atoms with E-state index < -0.39 is 19.6 Å². The minimum atomic E-state index is -4.64. The molecule has 0 saturated carbocycles. The highest BCUT2D eigenvalue weighted by atomic mass is 31.2. The molecule has 22 heavy (non-hydrogen) atoms. The van der Waals surface area contributed by atoms with E-state index in [1.807, 2.05) is 13.8 Å². The van der Waals surface area contributed by atoms with Crippen LogP contribution in [0.3, 0.4) is 0 Å². The maximum atomic E-state index is 13.3. The molecule has 0 bridgehead atoms. The number of hydrogen-bond donors (Lipinski definition) is 0. The molecule has 0 unspecified atom stereocenters. The number of hydrogen-bond acceptors (Lipinski definition) is 4. The zero-order valence-electron chi connectivity index (χ0n) is 13.9. The van der Waals surface area contributed by atoms with Gasteiger partial charge in [-0.05, 0) is 25.7 Å². The molecule has 0 aliphatic heterocycles. The maximum Gasteiger partial charge on any atom is 0.475 e. The van der Waals surface area contributed by atoms with Crippen LogP contribution in [0, 0.1) is 0 Å². The number of phosphoric ester groups is 1. The standard InChI is InChI=1S/C14H28F3O4P/c1-5-9-11-19-22(18,20-12-10-6-2)21-13(7-3,8-4)14(15,16)17/h5-12H2,1-4H3. The number of phosphoric acid groups is 1. The van der Waals surface area contributed by atoms with Crippen LogP contribution >= 0.6 is 7.82 Å². The van der Waals surface area contributed by atoms with Crippen LogP contribution in [0.25, 0.3) is 0 Å². The molecule has 0 aromatic carbocycles. The van der Waals surface area contributed by atoms with Crippen LogP contribution in [0.1, 0.15) is 66.2 Å². The molecule has 0 heterocycles. The zero-order valence-corrected chi connectivity index (χ0v) is 14.8. The van der Waals surface area contributed by atoms with E-state index in [1.165, 1.54) is 13.8 Å². The molecule has 0 spiro atoms. The first-order valence-corrected chi connectivity index (χ1v) is 9.32. The van der Waals surface area contributed by atoms with E-state index in [1.54, 1.807) is 0 Å². The van der Waals surface area contributed by atoms with E-state index >= 15 is 0 Å². The summed E-state index contributed by atoms with van der Waals surface area (Å²) in [7, 11) is -4.25. The SMILES string of the molecule is CCCCOP(=O)(OCCCC)OC(CC)(CC)C(F)(F)F. The topological polar surface area (TPSA) is 44.8 Å². The first-order valence-electron chi connectivity index (χ1n) is 7.86. The van der Waals surface area contributed by atoms with Gasteiger partial charge in [0.2, 0.25) is 0 Å². The van der Waals surface area contributed by atoms with Crippen molar-refractivity contribution in [3.05, 3.63) is 0 Å². The van der Waals surface area contributed by atoms with Crippen molar-refractivity contribution in [1.82, 2.24) is 0 Å². The molecule has 0 saturated heterocycles. The van der Waals surface area contributed by atoms with E-state index in [-0.39, 0.29) is 26.1 Å². The Morgan fingerprint density at radius 1 is 0.864 bits per heavy atom. The van der Waals surface area contributed by atoms with Crippen LogP contribution < -0.4 is 0 Å². The summed E-state index contributed by atoms with van der Waals surface area (Å²) in [5, 5.41) is 0. The Balaban J connectivity index is 5.16. The molecule has 0 fully saturated rings. The molecule has 4 nitrogen and oxygen atoms in total. The van der Waals surface area contributed by atoms with Gasteiger partial charge >= 0.3 is 14.0 Å². The monoisotopic (exact) mass is 348 g/mol. The van der Waals surface area contributed by atoms with Crippen molar-refractivity contribution in [3.8, 4) is 0 Å². The third kappa shape index (κ3) is 6.57. The number of alkyl halides is 3. The van der Waals surface area contributed by atoms with Crippen molar-refractivity contribution >= 4 is 7.82 Å². The Morgan fingerprint density at radius 3 is 1.55 bits per heavy atom. The van der Waals surface area contributed by atoms with E-state index in [4.69, 9.17) is 13.6 Å². The first kappa shape index (κ1) is 21.9. The van der Waals surface area contributed by atoms with Gasteiger partial charge in [0.1, 0.15) is 0 Å². The van der Waals surface area contributed by atoms with Gasteiger partial charge in [-0.15, -0.1) is 0 Å². The summed E-state index contributed by atoms with van der Waals surface area (Å²) in [6, 6.07) is 0. The predicted molar refractivity (Wildman–Crippen MR) is 79.8 cm³/mol. The van der Waals surface area contributed by atoms with Gasteiger partial charge in [-0.3, -0.25) is 13.6 Å². The molecule has 8 heteroatoms. The van der Waals surface area contributed by atoms with Gasteiger partial charge in [-0.1, -0.05) is 40.5 Å². The van der Waals surface area contributed by atoms with Gasteiger partial charge in [-0.25, -0.2) is 4.57 Å². The van der Waals surface area contributed by atoms with E-state index in [9.17, 15) is 17.7 Å². The van der Waals surface area contributed by atoms with Crippen molar-refractivity contribution in [2.24, 2.45) is 0 Å². The smallest absolute Gasteiger partial charge is 0.287 e. The molecular weight excluding hydrogens is 320 g/mol. The summed E-state index contributed by atoms with van der Waals surface area (Å²) in [4.78, 5) is 0. The lowest BCUT2D eigenvalue weighted by Gasteiger charge is -2.35. The molecule has 0 N–H and O–H groups in total. The molecule has 0 amide bonds. The summed E-state index contributed by atoms with van der Waals surface area (Å²) < 4.78 is 67.7. The molecule has 0 aliphatic carbocycles. The zero-order chi connectivity index (χ0) is 17.3. The maximum absolute atomic E-state index is 13.3. The number of halogens is 3. The lowest BCUT2D eigenvalue weighted by molar-refractivity contribution is -0.256. The van der Waals surface area contributed by atoms with E-state index in [0.29, 0.717) is 12.8 Å². The molecule has 134 valence electrons. The van der Waals surface area contributed by atoms with E-state index in [0.717, 1.165) is 12.8 Å². The lowest BCUT2D eigenvalue weighted by Crippen LogP contribution is -2.46. The van der Waals surface area contributed by atoms with Crippen LogP contribution in [0.4, 0.5) is 13.2 Å².